The Hall–Kier alpha value is -3.97. The van der Waals surface area contributed by atoms with Gasteiger partial charge in [-0.1, -0.05) is 24.8 Å². The number of sulfonamides is 1. The number of aliphatic hydroxyl groups excluding tert-OH is 1. The van der Waals surface area contributed by atoms with Crippen LogP contribution in [0.2, 0.25) is 0 Å². The Morgan fingerprint density at radius 1 is 1.17 bits per heavy atom. The van der Waals surface area contributed by atoms with Crippen LogP contribution in [0.3, 0.4) is 0 Å². The lowest BCUT2D eigenvalue weighted by Crippen LogP contribution is -2.38. The first-order valence-electron chi connectivity index (χ1n) is 12.8. The average Bonchev–Trinajstić information content (AvgIpc) is 2.99. The van der Waals surface area contributed by atoms with Crippen molar-refractivity contribution in [2.24, 2.45) is 0 Å². The second-order valence-corrected chi connectivity index (χ2v) is 10.9. The van der Waals surface area contributed by atoms with Crippen molar-refractivity contribution in [3.05, 3.63) is 95.1 Å². The van der Waals surface area contributed by atoms with Gasteiger partial charge in [-0.2, -0.15) is 4.31 Å². The van der Waals surface area contributed by atoms with E-state index in [2.05, 4.69) is 6.58 Å². The van der Waals surface area contributed by atoms with Crippen molar-refractivity contribution >= 4 is 27.0 Å². The van der Waals surface area contributed by atoms with Crippen LogP contribution in [0.15, 0.2) is 93.4 Å². The summed E-state index contributed by atoms with van der Waals surface area (Å²) in [5.41, 5.74) is 0.476. The van der Waals surface area contributed by atoms with Gasteiger partial charge in [-0.15, -0.1) is 0 Å². The fourth-order valence-electron chi connectivity index (χ4n) is 4.32. The molecule has 1 aromatic heterocycles. The lowest BCUT2D eigenvalue weighted by molar-refractivity contribution is -0.160. The van der Waals surface area contributed by atoms with Gasteiger partial charge in [0.15, 0.2) is 5.43 Å². The molecule has 2 atom stereocenters. The van der Waals surface area contributed by atoms with Crippen LogP contribution in [0, 0.1) is 0 Å². The van der Waals surface area contributed by atoms with E-state index in [1.807, 2.05) is 0 Å². The maximum Gasteiger partial charge on any atom is 0.373 e. The van der Waals surface area contributed by atoms with Gasteiger partial charge in [0.1, 0.15) is 17.9 Å². The molecule has 0 fully saturated rings. The van der Waals surface area contributed by atoms with Gasteiger partial charge < -0.3 is 28.5 Å². The zero-order chi connectivity index (χ0) is 29.4. The Kier molecular flexibility index (Phi) is 9.95. The topological polar surface area (TPSA) is 142 Å². The molecule has 1 aliphatic heterocycles. The van der Waals surface area contributed by atoms with Crippen LogP contribution in [-0.4, -0.2) is 70.1 Å². The molecule has 2 heterocycles. The van der Waals surface area contributed by atoms with Gasteiger partial charge in [0.05, 0.1) is 36.9 Å². The number of allylic oxidation sites excluding steroid dienone is 1. The molecule has 1 N–H and O–H groups in total. The third-order valence-corrected chi connectivity index (χ3v) is 8.30. The maximum absolute atomic E-state index is 13.2. The number of benzene rings is 2. The highest BCUT2D eigenvalue weighted by Gasteiger charge is 2.32. The summed E-state index contributed by atoms with van der Waals surface area (Å²) in [6.45, 7) is 2.66. The summed E-state index contributed by atoms with van der Waals surface area (Å²) in [6.07, 6.45) is 3.38. The van der Waals surface area contributed by atoms with Gasteiger partial charge in [-0.05, 0) is 42.5 Å². The van der Waals surface area contributed by atoms with E-state index in [0.717, 1.165) is 4.31 Å². The first-order valence-corrected chi connectivity index (χ1v) is 14.3. The minimum Gasteiger partial charge on any atom is -0.497 e. The number of ether oxygens (including phenoxy) is 4. The molecule has 0 bridgehead atoms. The fourth-order valence-corrected chi connectivity index (χ4v) is 5.74. The summed E-state index contributed by atoms with van der Waals surface area (Å²) >= 11 is 0. The highest BCUT2D eigenvalue weighted by molar-refractivity contribution is 7.89. The molecule has 0 saturated carbocycles. The Morgan fingerprint density at radius 2 is 1.93 bits per heavy atom. The third kappa shape index (κ3) is 7.03. The Bertz CT molecular complexity index is 1560. The van der Waals surface area contributed by atoms with E-state index < -0.39 is 34.8 Å². The van der Waals surface area contributed by atoms with Gasteiger partial charge in [-0.3, -0.25) is 4.79 Å². The molecule has 41 heavy (non-hydrogen) atoms. The monoisotopic (exact) mass is 585 g/mol. The van der Waals surface area contributed by atoms with Gasteiger partial charge in [0.25, 0.3) is 0 Å². The van der Waals surface area contributed by atoms with Crippen molar-refractivity contribution in [3.8, 4) is 5.75 Å². The zero-order valence-corrected chi connectivity index (χ0v) is 23.2. The lowest BCUT2D eigenvalue weighted by Gasteiger charge is -2.29. The van der Waals surface area contributed by atoms with Gasteiger partial charge in [0.2, 0.25) is 22.1 Å². The number of para-hydroxylation sites is 1. The first kappa shape index (κ1) is 30.0. The van der Waals surface area contributed by atoms with Crippen molar-refractivity contribution in [2.75, 3.05) is 40.0 Å². The van der Waals surface area contributed by atoms with Gasteiger partial charge >= 0.3 is 5.97 Å². The van der Waals surface area contributed by atoms with Crippen molar-refractivity contribution in [1.82, 2.24) is 4.31 Å². The van der Waals surface area contributed by atoms with Crippen LogP contribution < -0.4 is 10.2 Å². The second-order valence-electron chi connectivity index (χ2n) is 9.00. The Morgan fingerprint density at radius 3 is 2.63 bits per heavy atom. The van der Waals surface area contributed by atoms with Crippen LogP contribution in [0.25, 0.3) is 11.0 Å². The molecule has 1 aliphatic rings. The zero-order valence-electron chi connectivity index (χ0n) is 22.4. The second kappa shape index (κ2) is 13.6. The van der Waals surface area contributed by atoms with Crippen molar-refractivity contribution < 1.29 is 41.7 Å². The molecule has 0 aliphatic carbocycles. The van der Waals surface area contributed by atoms with E-state index in [9.17, 15) is 23.1 Å². The van der Waals surface area contributed by atoms with Crippen LogP contribution in [0.1, 0.15) is 17.9 Å². The predicted octanol–water partition coefficient (Wildman–Crippen LogP) is 2.94. The molecule has 218 valence electrons. The quantitative estimate of drug-likeness (QED) is 0.235. The summed E-state index contributed by atoms with van der Waals surface area (Å²) in [7, 11) is -2.48. The lowest BCUT2D eigenvalue weighted by atomic mass is 9.93. The molecule has 0 amide bonds. The number of carbonyl (C=O) groups excluding carboxylic acids is 1. The molecule has 4 rings (SSSR count). The normalized spacial score (nSPS) is 17.1. The number of carbonyl (C=O) groups is 1. The van der Waals surface area contributed by atoms with Gasteiger partial charge in [0, 0.05) is 31.0 Å². The van der Waals surface area contributed by atoms with Crippen LogP contribution in [-0.2, 0) is 29.0 Å². The maximum atomic E-state index is 13.2. The fraction of sp³-hybridized carbons (Fsp3) is 0.310. The van der Waals surface area contributed by atoms with E-state index in [1.54, 1.807) is 24.3 Å². The van der Waals surface area contributed by atoms with E-state index in [4.69, 9.17) is 23.4 Å². The van der Waals surface area contributed by atoms with Crippen LogP contribution in [0.4, 0.5) is 0 Å². The molecule has 0 radical (unpaired) electrons. The molecule has 12 heteroatoms. The SMILES string of the molecule is C=CCOC(=O)C1=C[C@H](c2coc3ccccc3c2=O)C[C@H](OCCN(CCO)S(=O)(=O)c2ccc(OC)cc2)O1. The van der Waals surface area contributed by atoms with Crippen molar-refractivity contribution in [3.63, 3.8) is 0 Å². The summed E-state index contributed by atoms with van der Waals surface area (Å²) in [5.74, 6) is -1.03. The number of aliphatic hydroxyl groups is 1. The molecule has 11 nitrogen and oxygen atoms in total. The predicted molar refractivity (Wildman–Crippen MR) is 149 cm³/mol. The summed E-state index contributed by atoms with van der Waals surface area (Å²) in [4.78, 5) is 25.9. The summed E-state index contributed by atoms with van der Waals surface area (Å²) in [6, 6.07) is 12.7. The number of nitrogens with zero attached hydrogens (tertiary/aromatic N) is 1. The number of esters is 1. The Balaban J connectivity index is 1.52. The molecule has 0 unspecified atom stereocenters. The van der Waals surface area contributed by atoms with Crippen molar-refractivity contribution in [2.45, 2.75) is 23.5 Å². The number of fused-ring (bicyclic) bond motifs is 1. The van der Waals surface area contributed by atoms with E-state index in [1.165, 1.54) is 49.8 Å². The third-order valence-electron chi connectivity index (χ3n) is 6.39. The van der Waals surface area contributed by atoms with Crippen LogP contribution in [0.5, 0.6) is 5.75 Å². The van der Waals surface area contributed by atoms with E-state index in [0.29, 0.717) is 22.3 Å². The highest BCUT2D eigenvalue weighted by Crippen LogP contribution is 2.31. The smallest absolute Gasteiger partial charge is 0.373 e. The number of methoxy groups -OCH3 is 1. The summed E-state index contributed by atoms with van der Waals surface area (Å²) in [5, 5.41) is 9.90. The van der Waals surface area contributed by atoms with Crippen LogP contribution >= 0.6 is 0 Å². The molecule has 0 spiro atoms. The molecule has 0 saturated heterocycles. The van der Waals surface area contributed by atoms with Gasteiger partial charge in [-0.25, -0.2) is 13.2 Å². The number of hydrogen-bond acceptors (Lipinski definition) is 10. The molecule has 3 aromatic rings. The van der Waals surface area contributed by atoms with Crippen molar-refractivity contribution in [1.29, 1.82) is 0 Å². The minimum atomic E-state index is -3.96. The van der Waals surface area contributed by atoms with E-state index >= 15 is 0 Å². The Labute approximate surface area is 237 Å². The molecular formula is C29H31NO10S. The standard InChI is InChI=1S/C29H31NO10S/c1-3-15-38-29(33)26-17-20(24-19-39-25-7-5-4-6-23(25)28(24)32)18-27(40-26)37-16-13-30(12-14-31)41(34,35)22-10-8-21(36-2)9-11-22/h3-11,17,19-20,27,31H,1,12-16,18H2,2H3/t20-,27+/m0/s1. The minimum absolute atomic E-state index is 0.0268. The number of rotatable bonds is 13. The molecule has 2 aromatic carbocycles. The number of hydrogen-bond donors (Lipinski definition) is 1. The highest BCUT2D eigenvalue weighted by atomic mass is 32.2. The largest absolute Gasteiger partial charge is 0.497 e. The van der Waals surface area contributed by atoms with E-state index in [-0.39, 0.29) is 48.8 Å². The first-order chi connectivity index (χ1) is 19.8. The summed E-state index contributed by atoms with van der Waals surface area (Å²) < 4.78 is 54.9. The average molecular weight is 586 g/mol. The molecular weight excluding hydrogens is 554 g/mol.